The molecule has 1 aromatic carbocycles. The minimum Gasteiger partial charge on any atom is -0.390 e. The van der Waals surface area contributed by atoms with Crippen LogP contribution in [0.4, 0.5) is 5.69 Å². The topological polar surface area (TPSA) is 70.6 Å². The molecule has 1 aliphatic rings. The number of aliphatic hydroxyl groups excluding tert-OH is 1. The van der Waals surface area contributed by atoms with E-state index in [1.165, 1.54) is 0 Å². The molecule has 2 aromatic heterocycles. The van der Waals surface area contributed by atoms with E-state index >= 15 is 0 Å². The summed E-state index contributed by atoms with van der Waals surface area (Å²) < 4.78 is 3.86. The van der Waals surface area contributed by atoms with Crippen molar-refractivity contribution >= 4 is 34.0 Å². The zero-order valence-electron chi connectivity index (χ0n) is 20.5. The van der Waals surface area contributed by atoms with Gasteiger partial charge in [0, 0.05) is 61.2 Å². The van der Waals surface area contributed by atoms with Gasteiger partial charge >= 0.3 is 0 Å². The molecule has 1 saturated heterocycles. The number of allylic oxidation sites excluding steroid dienone is 3. The quantitative estimate of drug-likeness (QED) is 0.365. The Morgan fingerprint density at radius 3 is 2.76 bits per heavy atom. The number of hydrogen-bond donors (Lipinski definition) is 2. The first-order valence-electron chi connectivity index (χ1n) is 11.7. The summed E-state index contributed by atoms with van der Waals surface area (Å²) in [5, 5.41) is 19.6. The number of nitrogens with zero attached hydrogens (tertiary/aromatic N) is 5. The van der Waals surface area contributed by atoms with Crippen LogP contribution in [0.25, 0.3) is 10.9 Å². The van der Waals surface area contributed by atoms with E-state index in [0.717, 1.165) is 63.1 Å². The number of benzene rings is 1. The van der Waals surface area contributed by atoms with Gasteiger partial charge in [-0.25, -0.2) is 9.67 Å². The molecule has 0 aliphatic carbocycles. The molecule has 0 amide bonds. The van der Waals surface area contributed by atoms with E-state index in [-0.39, 0.29) is 6.10 Å². The Hall–Kier alpha value is -2.87. The van der Waals surface area contributed by atoms with Gasteiger partial charge in [0.15, 0.2) is 5.84 Å². The molecule has 8 heteroatoms. The van der Waals surface area contributed by atoms with E-state index in [1.807, 2.05) is 60.8 Å². The SMILES string of the molecule is C\C=C/C(=N\C(Nc1ccc2c(c1)c(Cl)cn2C)=C(/C)CC)n1cc(CN2CC(O)C2)c(C)n1. The van der Waals surface area contributed by atoms with Crippen LogP contribution in [-0.4, -0.2) is 49.4 Å². The smallest absolute Gasteiger partial charge is 0.155 e. The van der Waals surface area contributed by atoms with E-state index in [4.69, 9.17) is 21.7 Å². The normalized spacial score (nSPS) is 16.4. The maximum Gasteiger partial charge on any atom is 0.155 e. The van der Waals surface area contributed by atoms with Gasteiger partial charge in [-0.3, -0.25) is 4.90 Å². The van der Waals surface area contributed by atoms with Gasteiger partial charge in [0.25, 0.3) is 0 Å². The van der Waals surface area contributed by atoms with Crippen molar-refractivity contribution in [3.8, 4) is 0 Å². The van der Waals surface area contributed by atoms with Gasteiger partial charge in [0.2, 0.25) is 0 Å². The van der Waals surface area contributed by atoms with Gasteiger partial charge in [-0.1, -0.05) is 24.6 Å². The Bertz CT molecular complexity index is 1280. The molecule has 7 nitrogen and oxygen atoms in total. The number of aromatic nitrogens is 3. The van der Waals surface area contributed by atoms with Gasteiger partial charge in [-0.15, -0.1) is 0 Å². The van der Waals surface area contributed by atoms with Crippen molar-refractivity contribution in [2.24, 2.45) is 12.0 Å². The molecule has 0 bridgehead atoms. The maximum absolute atomic E-state index is 9.59. The van der Waals surface area contributed by atoms with Crippen LogP contribution in [0.5, 0.6) is 0 Å². The molecule has 3 heterocycles. The predicted molar refractivity (Wildman–Crippen MR) is 140 cm³/mol. The third-order valence-electron chi connectivity index (χ3n) is 6.25. The van der Waals surface area contributed by atoms with E-state index in [9.17, 15) is 5.11 Å². The number of fused-ring (bicyclic) bond motifs is 1. The van der Waals surface area contributed by atoms with Gasteiger partial charge in [0.1, 0.15) is 5.82 Å². The molecule has 0 spiro atoms. The molecular formula is C26H33ClN6O. The molecule has 4 rings (SSSR count). The summed E-state index contributed by atoms with van der Waals surface area (Å²) >= 11 is 6.43. The van der Waals surface area contributed by atoms with Crippen molar-refractivity contribution in [3.63, 3.8) is 0 Å². The molecule has 1 aliphatic heterocycles. The highest BCUT2D eigenvalue weighted by molar-refractivity contribution is 6.35. The monoisotopic (exact) mass is 480 g/mol. The second-order valence-corrected chi connectivity index (χ2v) is 9.34. The summed E-state index contributed by atoms with van der Waals surface area (Å²) in [5.74, 6) is 1.53. The average Bonchev–Trinajstić information content (AvgIpc) is 3.29. The molecule has 0 unspecified atom stereocenters. The Balaban J connectivity index is 1.65. The lowest BCUT2D eigenvalue weighted by Gasteiger charge is -2.35. The number of nitrogens with one attached hydrogen (secondary N) is 1. The molecule has 0 radical (unpaired) electrons. The first kappa shape index (κ1) is 24.3. The van der Waals surface area contributed by atoms with E-state index in [0.29, 0.717) is 13.1 Å². The van der Waals surface area contributed by atoms with Crippen LogP contribution in [0.1, 0.15) is 38.4 Å². The lowest BCUT2D eigenvalue weighted by Crippen LogP contribution is -2.49. The van der Waals surface area contributed by atoms with Crippen molar-refractivity contribution in [1.29, 1.82) is 0 Å². The summed E-state index contributed by atoms with van der Waals surface area (Å²) in [6, 6.07) is 6.17. The first-order valence-corrected chi connectivity index (χ1v) is 12.1. The lowest BCUT2D eigenvalue weighted by molar-refractivity contribution is -0.00297. The maximum atomic E-state index is 9.59. The highest BCUT2D eigenvalue weighted by Gasteiger charge is 2.25. The molecule has 1 fully saturated rings. The minimum atomic E-state index is -0.212. The average molecular weight is 481 g/mol. The summed E-state index contributed by atoms with van der Waals surface area (Å²) in [5.41, 5.74) is 5.26. The van der Waals surface area contributed by atoms with Crippen molar-refractivity contribution in [3.05, 3.63) is 70.4 Å². The summed E-state index contributed by atoms with van der Waals surface area (Å²) in [7, 11) is 1.99. The fourth-order valence-corrected chi connectivity index (χ4v) is 4.36. The molecule has 180 valence electrons. The van der Waals surface area contributed by atoms with E-state index < -0.39 is 0 Å². The van der Waals surface area contributed by atoms with Crippen molar-refractivity contribution in [2.45, 2.75) is 46.8 Å². The number of β-amino-alcohol motifs (C(OH)–C–C–N with tert-alkyl or cyclic N) is 1. The number of aliphatic imine (C=N–C) groups is 1. The van der Waals surface area contributed by atoms with Crippen molar-refractivity contribution in [1.82, 2.24) is 19.2 Å². The zero-order chi connectivity index (χ0) is 24.4. The first-order chi connectivity index (χ1) is 16.3. The lowest BCUT2D eigenvalue weighted by atomic mass is 10.1. The van der Waals surface area contributed by atoms with Crippen LogP contribution >= 0.6 is 11.6 Å². The Labute approximate surface area is 206 Å². The molecule has 0 saturated carbocycles. The highest BCUT2D eigenvalue weighted by atomic mass is 35.5. The van der Waals surface area contributed by atoms with Crippen LogP contribution in [0.3, 0.4) is 0 Å². The third-order valence-corrected chi connectivity index (χ3v) is 6.55. The predicted octanol–water partition coefficient (Wildman–Crippen LogP) is 5.09. The van der Waals surface area contributed by atoms with Gasteiger partial charge in [-0.2, -0.15) is 5.10 Å². The molecule has 2 N–H and O–H groups in total. The van der Waals surface area contributed by atoms with Crippen molar-refractivity contribution < 1.29 is 5.11 Å². The van der Waals surface area contributed by atoms with E-state index in [2.05, 4.69) is 36.2 Å². The van der Waals surface area contributed by atoms with Crippen LogP contribution in [-0.2, 0) is 13.6 Å². The van der Waals surface area contributed by atoms with Gasteiger partial charge < -0.3 is 15.0 Å². The van der Waals surface area contributed by atoms with Gasteiger partial charge in [0.05, 0.1) is 16.8 Å². The number of likely N-dealkylation sites (tertiary alicyclic amines) is 1. The Morgan fingerprint density at radius 1 is 1.32 bits per heavy atom. The van der Waals surface area contributed by atoms with Crippen molar-refractivity contribution in [2.75, 3.05) is 18.4 Å². The van der Waals surface area contributed by atoms with Crippen LogP contribution < -0.4 is 5.32 Å². The molecule has 3 aromatic rings. The summed E-state index contributed by atoms with van der Waals surface area (Å²) in [4.78, 5) is 7.21. The number of rotatable bonds is 7. The second-order valence-electron chi connectivity index (χ2n) is 8.93. The molecular weight excluding hydrogens is 448 g/mol. The van der Waals surface area contributed by atoms with Crippen LogP contribution in [0, 0.1) is 6.92 Å². The second kappa shape index (κ2) is 10.2. The fraction of sp³-hybridized carbons (Fsp3) is 0.385. The van der Waals surface area contributed by atoms with Crippen LogP contribution in [0.2, 0.25) is 5.02 Å². The summed E-state index contributed by atoms with van der Waals surface area (Å²) in [6.45, 7) is 10.4. The largest absolute Gasteiger partial charge is 0.390 e. The molecule has 0 atom stereocenters. The Kier molecular flexibility index (Phi) is 7.26. The minimum absolute atomic E-state index is 0.212. The highest BCUT2D eigenvalue weighted by Crippen LogP contribution is 2.29. The Morgan fingerprint density at radius 2 is 2.09 bits per heavy atom. The van der Waals surface area contributed by atoms with Crippen LogP contribution in [0.15, 0.2) is 59.1 Å². The standard InChI is InChI=1S/C26H33ClN6O/c1-6-8-25(33-13-19(18(4)30-33)12-32-14-21(34)15-32)29-26(17(3)7-2)28-20-9-10-24-22(11-20)23(27)16-31(24)5/h6,8-11,13,16,21,28,34H,7,12,14-15H2,1-5H3/b8-6-,26-17+,29-25+. The van der Waals surface area contributed by atoms with E-state index in [1.54, 1.807) is 0 Å². The number of aliphatic hydroxyl groups is 1. The fourth-order valence-electron chi connectivity index (χ4n) is 4.07. The number of aryl methyl sites for hydroxylation is 2. The molecule has 34 heavy (non-hydrogen) atoms. The number of anilines is 1. The third kappa shape index (κ3) is 5.12. The zero-order valence-corrected chi connectivity index (χ0v) is 21.3. The number of halogens is 1. The summed E-state index contributed by atoms with van der Waals surface area (Å²) in [6.07, 6.45) is 8.54. The van der Waals surface area contributed by atoms with Gasteiger partial charge in [-0.05, 0) is 57.0 Å². The number of hydrogen-bond acceptors (Lipinski definition) is 5.